The van der Waals surface area contributed by atoms with Gasteiger partial charge in [-0.1, -0.05) is 69.4 Å². The summed E-state index contributed by atoms with van der Waals surface area (Å²) in [7, 11) is 2.04. The highest BCUT2D eigenvalue weighted by atomic mass is 79.9. The minimum Gasteiger partial charge on any atom is -0.457 e. The summed E-state index contributed by atoms with van der Waals surface area (Å²) in [5.74, 6) is -0.367. The number of benzene rings is 3. The van der Waals surface area contributed by atoms with Gasteiger partial charge in [0, 0.05) is 10.0 Å². The minimum absolute atomic E-state index is 0.246. The Kier molecular flexibility index (Phi) is 6.66. The van der Waals surface area contributed by atoms with E-state index in [0.29, 0.717) is 11.3 Å². The van der Waals surface area contributed by atoms with E-state index in [4.69, 9.17) is 4.74 Å². The molecule has 1 N–H and O–H groups in total. The number of rotatable bonds is 6. The maximum absolute atomic E-state index is 12.3. The van der Waals surface area contributed by atoms with Crippen LogP contribution in [0.3, 0.4) is 0 Å². The van der Waals surface area contributed by atoms with Crippen LogP contribution in [-0.2, 0) is 11.3 Å². The lowest BCUT2D eigenvalue weighted by Crippen LogP contribution is -2.12. The number of anilines is 1. The van der Waals surface area contributed by atoms with E-state index in [9.17, 15) is 4.79 Å². The number of ether oxygens (including phenoxy) is 1. The van der Waals surface area contributed by atoms with Gasteiger partial charge in [0.1, 0.15) is 14.5 Å². The van der Waals surface area contributed by atoms with E-state index in [2.05, 4.69) is 45.5 Å². The van der Waals surface area contributed by atoms with E-state index < -0.39 is 0 Å². The van der Waals surface area contributed by atoms with Crippen LogP contribution in [-0.4, -0.2) is 20.0 Å². The normalized spacial score (nSPS) is 10.8. The second-order valence-electron chi connectivity index (χ2n) is 6.49. The van der Waals surface area contributed by atoms with Crippen molar-refractivity contribution in [3.8, 4) is 0 Å². The third kappa shape index (κ3) is 5.33. The molecule has 3 aromatic carbocycles. The average Bonchev–Trinajstić information content (AvgIpc) is 2.69. The molecule has 28 heavy (non-hydrogen) atoms. The monoisotopic (exact) mass is 434 g/mol. The van der Waals surface area contributed by atoms with Gasteiger partial charge in [-0.2, -0.15) is 5.10 Å². The van der Waals surface area contributed by atoms with Crippen molar-refractivity contribution in [2.45, 2.75) is 13.5 Å². The number of nitrogens with one attached hydrogen (secondary N) is 1. The molecule has 0 aliphatic carbocycles. The molecule has 6 heteroatoms. The van der Waals surface area contributed by atoms with Crippen molar-refractivity contribution in [1.82, 2.24) is 0 Å². The zero-order valence-electron chi connectivity index (χ0n) is 15.8. The fourth-order valence-corrected chi connectivity index (χ4v) is 3.56. The minimum atomic E-state index is -0.367. The summed E-state index contributed by atoms with van der Waals surface area (Å²) < 4.78 is 6.37. The standard InChI is InChI=1S/C22H20BBrN2O2/c1-15-10-20(23)19(21(24)11-15)13-25-26-18-9-5-8-17(12-18)22(27)28-14-16-6-3-2-4-7-16/h2-13,26H,14,23H2,1H3/b25-13+. The van der Waals surface area contributed by atoms with Crippen LogP contribution in [0, 0.1) is 6.92 Å². The molecule has 0 aliphatic rings. The van der Waals surface area contributed by atoms with Gasteiger partial charge in [0.25, 0.3) is 0 Å². The fraction of sp³-hybridized carbons (Fsp3) is 0.0909. The molecule has 0 amide bonds. The van der Waals surface area contributed by atoms with Crippen LogP contribution in [0.25, 0.3) is 0 Å². The van der Waals surface area contributed by atoms with E-state index in [-0.39, 0.29) is 12.6 Å². The molecular weight excluding hydrogens is 415 g/mol. The van der Waals surface area contributed by atoms with Crippen molar-refractivity contribution in [3.05, 3.63) is 93.5 Å². The topological polar surface area (TPSA) is 50.7 Å². The van der Waals surface area contributed by atoms with E-state index >= 15 is 0 Å². The van der Waals surface area contributed by atoms with Crippen LogP contribution in [0.5, 0.6) is 0 Å². The predicted octanol–water partition coefficient (Wildman–Crippen LogP) is 3.82. The number of hydrazone groups is 1. The average molecular weight is 435 g/mol. The summed E-state index contributed by atoms with van der Waals surface area (Å²) in [5, 5.41) is 4.30. The molecule has 0 unspecified atom stereocenters. The van der Waals surface area contributed by atoms with Crippen LogP contribution in [0.15, 0.2) is 76.3 Å². The highest BCUT2D eigenvalue weighted by molar-refractivity contribution is 9.10. The summed E-state index contributed by atoms with van der Waals surface area (Å²) in [4.78, 5) is 12.3. The molecule has 0 bridgehead atoms. The van der Waals surface area contributed by atoms with Crippen molar-refractivity contribution in [3.63, 3.8) is 0 Å². The van der Waals surface area contributed by atoms with Crippen LogP contribution in [0.1, 0.15) is 27.0 Å². The van der Waals surface area contributed by atoms with Crippen LogP contribution in [0.4, 0.5) is 5.69 Å². The quantitative estimate of drug-likeness (QED) is 0.277. The van der Waals surface area contributed by atoms with E-state index in [0.717, 1.165) is 21.1 Å². The Balaban J connectivity index is 1.64. The molecule has 0 saturated carbocycles. The third-order valence-electron chi connectivity index (χ3n) is 4.18. The van der Waals surface area contributed by atoms with Crippen molar-refractivity contribution < 1.29 is 9.53 Å². The maximum Gasteiger partial charge on any atom is 0.338 e. The molecule has 0 aromatic heterocycles. The molecule has 0 heterocycles. The van der Waals surface area contributed by atoms with Gasteiger partial charge in [-0.25, -0.2) is 4.79 Å². The Labute approximate surface area is 174 Å². The molecule has 0 aliphatic heterocycles. The molecule has 3 rings (SSSR count). The van der Waals surface area contributed by atoms with Crippen molar-refractivity contribution in [1.29, 1.82) is 0 Å². The van der Waals surface area contributed by atoms with Gasteiger partial charge in [-0.3, -0.25) is 5.43 Å². The smallest absolute Gasteiger partial charge is 0.338 e. The second-order valence-corrected chi connectivity index (χ2v) is 7.34. The number of aryl methyl sites for hydroxylation is 1. The van der Waals surface area contributed by atoms with Crippen LogP contribution < -0.4 is 10.9 Å². The van der Waals surface area contributed by atoms with Gasteiger partial charge < -0.3 is 4.74 Å². The first-order valence-corrected chi connectivity index (χ1v) is 9.69. The second kappa shape index (κ2) is 9.37. The van der Waals surface area contributed by atoms with Gasteiger partial charge in [0.2, 0.25) is 0 Å². The molecule has 0 fully saturated rings. The first-order valence-electron chi connectivity index (χ1n) is 8.90. The zero-order chi connectivity index (χ0) is 19.9. The van der Waals surface area contributed by atoms with Crippen LogP contribution in [0.2, 0.25) is 0 Å². The van der Waals surface area contributed by atoms with Crippen molar-refractivity contribution in [2.24, 2.45) is 5.10 Å². The Bertz CT molecular complexity index is 983. The summed E-state index contributed by atoms with van der Waals surface area (Å²) in [5.41, 5.74) is 8.45. The highest BCUT2D eigenvalue weighted by Crippen LogP contribution is 2.16. The Morgan fingerprint density at radius 1 is 1.14 bits per heavy atom. The van der Waals surface area contributed by atoms with Crippen molar-refractivity contribution in [2.75, 3.05) is 5.43 Å². The Hall–Kier alpha value is -2.86. The van der Waals surface area contributed by atoms with Gasteiger partial charge in [0.15, 0.2) is 0 Å². The number of hydrogen-bond acceptors (Lipinski definition) is 4. The first-order chi connectivity index (χ1) is 13.5. The lowest BCUT2D eigenvalue weighted by Gasteiger charge is -2.07. The molecule has 3 aromatic rings. The van der Waals surface area contributed by atoms with Crippen LogP contribution >= 0.6 is 15.9 Å². The van der Waals surface area contributed by atoms with E-state index in [1.165, 1.54) is 5.56 Å². The predicted molar refractivity (Wildman–Crippen MR) is 120 cm³/mol. The molecule has 4 nitrogen and oxygen atoms in total. The fourth-order valence-electron chi connectivity index (χ4n) is 2.78. The number of halogens is 1. The third-order valence-corrected chi connectivity index (χ3v) is 4.84. The molecular formula is C22H20BBrN2O2. The number of esters is 1. The molecule has 0 spiro atoms. The van der Waals surface area contributed by atoms with Gasteiger partial charge in [0.05, 0.1) is 17.5 Å². The first kappa shape index (κ1) is 19.9. The van der Waals surface area contributed by atoms with E-state index in [1.807, 2.05) is 44.2 Å². The Morgan fingerprint density at radius 2 is 1.93 bits per heavy atom. The van der Waals surface area contributed by atoms with Gasteiger partial charge in [-0.15, -0.1) is 0 Å². The van der Waals surface area contributed by atoms with Gasteiger partial charge in [-0.05, 0) is 36.8 Å². The summed E-state index contributed by atoms with van der Waals surface area (Å²) in [6.45, 7) is 2.30. The number of carbonyl (C=O) groups is 1. The molecule has 0 saturated heterocycles. The molecule has 0 atom stereocenters. The Morgan fingerprint density at radius 3 is 2.68 bits per heavy atom. The lowest BCUT2D eigenvalue weighted by atomic mass is 9.89. The molecule has 0 radical (unpaired) electrons. The number of hydrogen-bond donors (Lipinski definition) is 1. The lowest BCUT2D eigenvalue weighted by molar-refractivity contribution is 0.0473. The number of carbonyl (C=O) groups excluding carboxylic acids is 1. The SMILES string of the molecule is Bc1cc(C)cc(Br)c1/C=N/Nc1cccc(C(=O)OCc2ccccc2)c1. The van der Waals surface area contributed by atoms with Gasteiger partial charge >= 0.3 is 5.97 Å². The number of nitrogens with zero attached hydrogens (tertiary/aromatic N) is 1. The van der Waals surface area contributed by atoms with Crippen molar-refractivity contribution >= 4 is 47.1 Å². The summed E-state index contributed by atoms with van der Waals surface area (Å²) >= 11 is 3.57. The summed E-state index contributed by atoms with van der Waals surface area (Å²) in [6, 6.07) is 20.9. The zero-order valence-corrected chi connectivity index (χ0v) is 17.4. The van der Waals surface area contributed by atoms with E-state index in [1.54, 1.807) is 24.4 Å². The maximum atomic E-state index is 12.3. The summed E-state index contributed by atoms with van der Waals surface area (Å²) in [6.07, 6.45) is 1.76. The molecule has 140 valence electrons. The highest BCUT2D eigenvalue weighted by Gasteiger charge is 2.08. The largest absolute Gasteiger partial charge is 0.457 e.